The second kappa shape index (κ2) is 6.46. The molecule has 0 saturated heterocycles. The molecule has 0 bridgehead atoms. The number of hydrogen-bond donors (Lipinski definition) is 0. The van der Waals surface area contributed by atoms with Crippen molar-refractivity contribution in [2.75, 3.05) is 11.4 Å². The number of rotatable bonds is 4. The van der Waals surface area contributed by atoms with Crippen LogP contribution in [0.5, 0.6) is 0 Å². The molecule has 120 valence electrons. The van der Waals surface area contributed by atoms with Gasteiger partial charge in [-0.05, 0) is 31.5 Å². The lowest BCUT2D eigenvalue weighted by molar-refractivity contribution is -0.138. The van der Waals surface area contributed by atoms with Gasteiger partial charge in [-0.2, -0.15) is 26.3 Å². The molecule has 0 radical (unpaired) electrons. The van der Waals surface area contributed by atoms with E-state index in [0.717, 1.165) is 12.1 Å². The van der Waals surface area contributed by atoms with Crippen molar-refractivity contribution < 1.29 is 26.3 Å². The normalized spacial score (nSPS) is 12.9. The molecule has 0 saturated carbocycles. The van der Waals surface area contributed by atoms with Crippen molar-refractivity contribution in [1.29, 1.82) is 0 Å². The quantitative estimate of drug-likeness (QED) is 0.503. The van der Waals surface area contributed by atoms with E-state index in [1.165, 1.54) is 19.9 Å². The first-order chi connectivity index (χ1) is 9.45. The third kappa shape index (κ3) is 5.09. The summed E-state index contributed by atoms with van der Waals surface area (Å²) < 4.78 is 77.1. The van der Waals surface area contributed by atoms with Crippen LogP contribution in [0.15, 0.2) is 18.2 Å². The molecule has 0 aromatic heterocycles. The van der Waals surface area contributed by atoms with Crippen LogP contribution in [0.4, 0.5) is 32.0 Å². The van der Waals surface area contributed by atoms with Crippen LogP contribution in [-0.2, 0) is 11.5 Å². The van der Waals surface area contributed by atoms with Gasteiger partial charge < -0.3 is 4.90 Å². The van der Waals surface area contributed by atoms with Crippen molar-refractivity contribution >= 4 is 21.6 Å². The van der Waals surface area contributed by atoms with Crippen LogP contribution in [0.1, 0.15) is 25.0 Å². The van der Waals surface area contributed by atoms with E-state index in [4.69, 9.17) is 0 Å². The Balaban J connectivity index is 3.37. The first kappa shape index (κ1) is 18.1. The zero-order chi connectivity index (χ0) is 16.4. The lowest BCUT2D eigenvalue weighted by Gasteiger charge is -2.32. The molecular weight excluding hydrogens is 364 g/mol. The molecule has 1 rings (SSSR count). The van der Waals surface area contributed by atoms with Gasteiger partial charge in [0.1, 0.15) is 6.54 Å². The summed E-state index contributed by atoms with van der Waals surface area (Å²) in [6, 6.07) is 2.62. The molecule has 0 amide bonds. The summed E-state index contributed by atoms with van der Waals surface area (Å²) in [7, 11) is 0. The van der Waals surface area contributed by atoms with Gasteiger partial charge in [0, 0.05) is 17.1 Å². The SMILES string of the molecule is CC(C)N(CC(F)(F)F)c1ccc(CBr)cc1C(F)(F)F. The molecular formula is C13H14BrF6N. The standard InChI is InChI=1S/C13H14BrF6N/c1-8(2)21(7-12(15,16)17)11-4-3-9(6-14)5-10(11)13(18,19)20/h3-5,8H,6-7H2,1-2H3. The van der Waals surface area contributed by atoms with E-state index in [2.05, 4.69) is 15.9 Å². The fourth-order valence-corrected chi connectivity index (χ4v) is 2.23. The molecule has 0 N–H and O–H groups in total. The fourth-order valence-electron chi connectivity index (χ4n) is 1.88. The molecule has 0 aliphatic rings. The zero-order valence-corrected chi connectivity index (χ0v) is 12.9. The minimum atomic E-state index is -4.72. The van der Waals surface area contributed by atoms with E-state index in [-0.39, 0.29) is 5.33 Å². The molecule has 21 heavy (non-hydrogen) atoms. The maximum Gasteiger partial charge on any atom is 0.418 e. The van der Waals surface area contributed by atoms with Crippen molar-refractivity contribution in [1.82, 2.24) is 0 Å². The van der Waals surface area contributed by atoms with Crippen LogP contribution in [0.25, 0.3) is 0 Å². The van der Waals surface area contributed by atoms with Crippen LogP contribution in [0, 0.1) is 0 Å². The summed E-state index contributed by atoms with van der Waals surface area (Å²) in [4.78, 5) is 0.709. The van der Waals surface area contributed by atoms with Crippen LogP contribution in [0.2, 0.25) is 0 Å². The number of halogens is 7. The monoisotopic (exact) mass is 377 g/mol. The van der Waals surface area contributed by atoms with Gasteiger partial charge in [-0.25, -0.2) is 0 Å². The Morgan fingerprint density at radius 2 is 1.67 bits per heavy atom. The molecule has 0 unspecified atom stereocenters. The molecule has 0 aliphatic heterocycles. The largest absolute Gasteiger partial charge is 0.418 e. The molecule has 0 spiro atoms. The molecule has 8 heteroatoms. The van der Waals surface area contributed by atoms with E-state index in [9.17, 15) is 26.3 Å². The first-order valence-corrected chi connectivity index (χ1v) is 7.17. The maximum absolute atomic E-state index is 13.1. The summed E-state index contributed by atoms with van der Waals surface area (Å²) in [5.74, 6) is 0. The van der Waals surface area contributed by atoms with Gasteiger partial charge in [0.25, 0.3) is 0 Å². The summed E-state index contributed by atoms with van der Waals surface area (Å²) in [6.07, 6.45) is -9.30. The van der Waals surface area contributed by atoms with Crippen molar-refractivity contribution in [2.45, 2.75) is 37.6 Å². The van der Waals surface area contributed by atoms with E-state index < -0.39 is 36.2 Å². The number of alkyl halides is 7. The number of benzene rings is 1. The smallest absolute Gasteiger partial charge is 0.360 e. The highest BCUT2D eigenvalue weighted by molar-refractivity contribution is 9.08. The average molecular weight is 378 g/mol. The number of hydrogen-bond acceptors (Lipinski definition) is 1. The minimum Gasteiger partial charge on any atom is -0.360 e. The summed E-state index contributed by atoms with van der Waals surface area (Å²) in [5.41, 5.74) is -1.17. The number of anilines is 1. The zero-order valence-electron chi connectivity index (χ0n) is 11.3. The Hall–Kier alpha value is -0.920. The van der Waals surface area contributed by atoms with Gasteiger partial charge in [-0.3, -0.25) is 0 Å². The minimum absolute atomic E-state index is 0.192. The molecule has 0 atom stereocenters. The average Bonchev–Trinajstić information content (AvgIpc) is 2.33. The number of nitrogens with zero attached hydrogens (tertiary/aromatic N) is 1. The van der Waals surface area contributed by atoms with Crippen LogP contribution >= 0.6 is 15.9 Å². The summed E-state index contributed by atoms with van der Waals surface area (Å²) >= 11 is 3.04. The van der Waals surface area contributed by atoms with Gasteiger partial charge in [0.15, 0.2) is 0 Å². The summed E-state index contributed by atoms with van der Waals surface area (Å²) in [6.45, 7) is 1.41. The maximum atomic E-state index is 13.1. The van der Waals surface area contributed by atoms with E-state index in [0.29, 0.717) is 10.5 Å². The summed E-state index contributed by atoms with van der Waals surface area (Å²) in [5, 5.41) is 0.192. The van der Waals surface area contributed by atoms with Crippen molar-refractivity contribution in [3.05, 3.63) is 29.3 Å². The van der Waals surface area contributed by atoms with Crippen LogP contribution in [-0.4, -0.2) is 18.8 Å². The molecule has 1 aromatic carbocycles. The Morgan fingerprint density at radius 1 is 1.10 bits per heavy atom. The van der Waals surface area contributed by atoms with Crippen LogP contribution < -0.4 is 4.90 Å². The third-order valence-corrected chi connectivity index (χ3v) is 3.45. The van der Waals surface area contributed by atoms with E-state index in [1.807, 2.05) is 0 Å². The Bertz CT molecular complexity index is 481. The van der Waals surface area contributed by atoms with Gasteiger partial charge in [0.2, 0.25) is 0 Å². The fraction of sp³-hybridized carbons (Fsp3) is 0.538. The Kier molecular flexibility index (Phi) is 5.57. The van der Waals surface area contributed by atoms with Gasteiger partial charge in [-0.1, -0.05) is 22.0 Å². The highest BCUT2D eigenvalue weighted by Gasteiger charge is 2.38. The highest BCUT2D eigenvalue weighted by Crippen LogP contribution is 2.39. The second-order valence-corrected chi connectivity index (χ2v) is 5.38. The Morgan fingerprint density at radius 3 is 2.05 bits per heavy atom. The third-order valence-electron chi connectivity index (χ3n) is 2.80. The second-order valence-electron chi connectivity index (χ2n) is 4.82. The van der Waals surface area contributed by atoms with Crippen molar-refractivity contribution in [3.63, 3.8) is 0 Å². The molecule has 0 fully saturated rings. The molecule has 1 aromatic rings. The predicted molar refractivity (Wildman–Crippen MR) is 72.6 cm³/mol. The Labute approximate surface area is 127 Å². The van der Waals surface area contributed by atoms with Crippen molar-refractivity contribution in [2.24, 2.45) is 0 Å². The van der Waals surface area contributed by atoms with E-state index in [1.54, 1.807) is 0 Å². The van der Waals surface area contributed by atoms with E-state index >= 15 is 0 Å². The first-order valence-electron chi connectivity index (χ1n) is 6.05. The topological polar surface area (TPSA) is 3.24 Å². The lowest BCUT2D eigenvalue weighted by atomic mass is 10.1. The molecule has 1 nitrogen and oxygen atoms in total. The van der Waals surface area contributed by atoms with Crippen LogP contribution in [0.3, 0.4) is 0 Å². The lowest BCUT2D eigenvalue weighted by Crippen LogP contribution is -2.40. The van der Waals surface area contributed by atoms with Crippen molar-refractivity contribution in [3.8, 4) is 0 Å². The van der Waals surface area contributed by atoms with Gasteiger partial charge in [-0.15, -0.1) is 0 Å². The van der Waals surface area contributed by atoms with Gasteiger partial charge in [0.05, 0.1) is 5.56 Å². The predicted octanol–water partition coefficient (Wildman–Crippen LogP) is 5.38. The van der Waals surface area contributed by atoms with Gasteiger partial charge >= 0.3 is 12.4 Å². The molecule has 0 heterocycles. The molecule has 0 aliphatic carbocycles. The highest BCUT2D eigenvalue weighted by atomic mass is 79.9.